The highest BCUT2D eigenvalue weighted by Crippen LogP contribution is 2.33. The summed E-state index contributed by atoms with van der Waals surface area (Å²) in [4.78, 5) is 12.9. The SMILES string of the molecule is Cc1oc2cc(F)c(-c3ccnn3-c3ccccc3)cc2c1C(=O)NC(C)(CO)CO. The fraction of sp³-hybridized carbons (Fsp3) is 0.217. The van der Waals surface area contributed by atoms with Gasteiger partial charge in [0.05, 0.1) is 41.9 Å². The number of carbonyl (C=O) groups is 1. The molecule has 0 aliphatic heterocycles. The van der Waals surface area contributed by atoms with Crippen molar-refractivity contribution >= 4 is 16.9 Å². The van der Waals surface area contributed by atoms with E-state index in [0.717, 1.165) is 5.69 Å². The molecule has 4 rings (SSSR count). The quantitative estimate of drug-likeness (QED) is 0.442. The Kier molecular flexibility index (Phi) is 5.34. The van der Waals surface area contributed by atoms with Crippen molar-refractivity contribution in [3.63, 3.8) is 0 Å². The van der Waals surface area contributed by atoms with Crippen molar-refractivity contribution in [2.75, 3.05) is 13.2 Å². The zero-order chi connectivity index (χ0) is 22.2. The van der Waals surface area contributed by atoms with Crippen molar-refractivity contribution < 1.29 is 23.8 Å². The number of aryl methyl sites for hydroxylation is 1. The van der Waals surface area contributed by atoms with Crippen LogP contribution < -0.4 is 5.32 Å². The number of furan rings is 1. The van der Waals surface area contributed by atoms with Crippen LogP contribution in [0.1, 0.15) is 23.0 Å². The standard InChI is InChI=1S/C23H22FN3O4/c1-14-21(22(30)26-23(2,12-28)13-29)17-10-16(18(24)11-20(17)31-14)19-8-9-25-27(19)15-6-4-3-5-7-15/h3-11,28-29H,12-13H2,1-2H3,(H,26,30). The third-order valence-electron chi connectivity index (χ3n) is 5.21. The van der Waals surface area contributed by atoms with Gasteiger partial charge in [-0.15, -0.1) is 0 Å². The lowest BCUT2D eigenvalue weighted by atomic mass is 10.0. The number of nitrogens with zero attached hydrogens (tertiary/aromatic N) is 2. The van der Waals surface area contributed by atoms with Crippen molar-refractivity contribution in [3.05, 3.63) is 71.9 Å². The van der Waals surface area contributed by atoms with E-state index in [4.69, 9.17) is 4.42 Å². The lowest BCUT2D eigenvalue weighted by Gasteiger charge is -2.26. The van der Waals surface area contributed by atoms with E-state index in [2.05, 4.69) is 10.4 Å². The van der Waals surface area contributed by atoms with E-state index < -0.39 is 30.5 Å². The summed E-state index contributed by atoms with van der Waals surface area (Å²) >= 11 is 0. The molecule has 8 heteroatoms. The molecule has 0 unspecified atom stereocenters. The van der Waals surface area contributed by atoms with E-state index >= 15 is 4.39 Å². The third kappa shape index (κ3) is 3.71. The predicted molar refractivity (Wildman–Crippen MR) is 114 cm³/mol. The minimum Gasteiger partial charge on any atom is -0.460 e. The molecule has 0 aliphatic rings. The van der Waals surface area contributed by atoms with E-state index in [1.54, 1.807) is 29.9 Å². The molecule has 0 aliphatic carbocycles. The summed E-state index contributed by atoms with van der Waals surface area (Å²) < 4.78 is 22.3. The maximum Gasteiger partial charge on any atom is 0.256 e. The van der Waals surface area contributed by atoms with E-state index in [0.29, 0.717) is 16.8 Å². The minimum atomic E-state index is -1.21. The molecule has 2 heterocycles. The number of amides is 1. The summed E-state index contributed by atoms with van der Waals surface area (Å²) in [5, 5.41) is 26.4. The van der Waals surface area contributed by atoms with E-state index in [1.165, 1.54) is 13.0 Å². The monoisotopic (exact) mass is 423 g/mol. The Balaban J connectivity index is 1.84. The average Bonchev–Trinajstić information content (AvgIpc) is 3.37. The molecule has 2 aromatic carbocycles. The Hall–Kier alpha value is -3.49. The van der Waals surface area contributed by atoms with Gasteiger partial charge in [0.15, 0.2) is 0 Å². The zero-order valence-corrected chi connectivity index (χ0v) is 17.1. The summed E-state index contributed by atoms with van der Waals surface area (Å²) in [6.45, 7) is 2.24. The van der Waals surface area contributed by atoms with Crippen molar-refractivity contribution in [3.8, 4) is 16.9 Å². The van der Waals surface area contributed by atoms with Crippen LogP contribution in [0.4, 0.5) is 4.39 Å². The number of nitrogens with one attached hydrogen (secondary N) is 1. The van der Waals surface area contributed by atoms with E-state index in [9.17, 15) is 15.0 Å². The molecule has 31 heavy (non-hydrogen) atoms. The molecule has 0 bridgehead atoms. The molecule has 0 saturated carbocycles. The lowest BCUT2D eigenvalue weighted by Crippen LogP contribution is -2.51. The molecule has 0 radical (unpaired) electrons. The normalized spacial score (nSPS) is 11.8. The van der Waals surface area contributed by atoms with Crippen LogP contribution in [-0.2, 0) is 0 Å². The van der Waals surface area contributed by atoms with E-state index in [1.807, 2.05) is 30.3 Å². The number of aliphatic hydroxyl groups is 2. The Morgan fingerprint density at radius 2 is 1.90 bits per heavy atom. The van der Waals surface area contributed by atoms with Gasteiger partial charge in [-0.1, -0.05) is 18.2 Å². The lowest BCUT2D eigenvalue weighted by molar-refractivity contribution is 0.0723. The van der Waals surface area contributed by atoms with Gasteiger partial charge in [0.1, 0.15) is 17.2 Å². The van der Waals surface area contributed by atoms with Crippen LogP contribution in [-0.4, -0.2) is 44.7 Å². The highest BCUT2D eigenvalue weighted by molar-refractivity contribution is 6.08. The van der Waals surface area contributed by atoms with Crippen LogP contribution >= 0.6 is 0 Å². The molecule has 0 fully saturated rings. The first-order valence-electron chi connectivity index (χ1n) is 9.73. The highest BCUT2D eigenvalue weighted by atomic mass is 19.1. The second-order valence-electron chi connectivity index (χ2n) is 7.66. The maximum absolute atomic E-state index is 15.0. The van der Waals surface area contributed by atoms with Gasteiger partial charge >= 0.3 is 0 Å². The number of hydrogen-bond donors (Lipinski definition) is 3. The van der Waals surface area contributed by atoms with Crippen molar-refractivity contribution in [2.45, 2.75) is 19.4 Å². The molecule has 160 valence electrons. The van der Waals surface area contributed by atoms with Crippen molar-refractivity contribution in [2.24, 2.45) is 0 Å². The predicted octanol–water partition coefficient (Wildman–Crippen LogP) is 3.21. The van der Waals surface area contributed by atoms with Crippen LogP contribution in [0.15, 0.2) is 59.1 Å². The second-order valence-corrected chi connectivity index (χ2v) is 7.66. The molecule has 7 nitrogen and oxygen atoms in total. The number of fused-ring (bicyclic) bond motifs is 1. The van der Waals surface area contributed by atoms with Gasteiger partial charge < -0.3 is 19.9 Å². The Bertz CT molecular complexity index is 1240. The molecule has 3 N–H and O–H groups in total. The second kappa shape index (κ2) is 7.98. The maximum atomic E-state index is 15.0. The smallest absolute Gasteiger partial charge is 0.256 e. The summed E-state index contributed by atoms with van der Waals surface area (Å²) in [7, 11) is 0. The molecular weight excluding hydrogens is 401 g/mol. The Labute approximate surface area is 177 Å². The van der Waals surface area contributed by atoms with Gasteiger partial charge in [0.25, 0.3) is 5.91 Å². The summed E-state index contributed by atoms with van der Waals surface area (Å²) in [5.74, 6) is -0.740. The highest BCUT2D eigenvalue weighted by Gasteiger charge is 2.29. The van der Waals surface area contributed by atoms with Crippen LogP contribution in [0.5, 0.6) is 0 Å². The number of para-hydroxylation sites is 1. The number of halogens is 1. The van der Waals surface area contributed by atoms with Gasteiger partial charge in [0.2, 0.25) is 0 Å². The number of aromatic nitrogens is 2. The van der Waals surface area contributed by atoms with Gasteiger partial charge in [-0.25, -0.2) is 9.07 Å². The van der Waals surface area contributed by atoms with Gasteiger partial charge in [0, 0.05) is 17.0 Å². The Morgan fingerprint density at radius 1 is 1.19 bits per heavy atom. The fourth-order valence-electron chi connectivity index (χ4n) is 3.47. The minimum absolute atomic E-state index is 0.218. The van der Waals surface area contributed by atoms with Gasteiger partial charge in [-0.3, -0.25) is 4.79 Å². The molecule has 0 spiro atoms. The summed E-state index contributed by atoms with van der Waals surface area (Å²) in [5.41, 5.74) is 0.786. The first-order chi connectivity index (χ1) is 14.9. The van der Waals surface area contributed by atoms with Crippen molar-refractivity contribution in [1.29, 1.82) is 0 Å². The summed E-state index contributed by atoms with van der Waals surface area (Å²) in [6.07, 6.45) is 1.58. The number of benzene rings is 2. The average molecular weight is 423 g/mol. The molecule has 2 aromatic heterocycles. The molecule has 0 saturated heterocycles. The van der Waals surface area contributed by atoms with Crippen LogP contribution in [0.25, 0.3) is 27.9 Å². The van der Waals surface area contributed by atoms with Gasteiger partial charge in [-0.05, 0) is 38.1 Å². The topological polar surface area (TPSA) is 101 Å². The summed E-state index contributed by atoms with van der Waals surface area (Å²) in [6, 6.07) is 13.8. The first-order valence-corrected chi connectivity index (χ1v) is 9.73. The number of carbonyl (C=O) groups excluding carboxylic acids is 1. The largest absolute Gasteiger partial charge is 0.460 e. The van der Waals surface area contributed by atoms with E-state index in [-0.39, 0.29) is 16.7 Å². The third-order valence-corrected chi connectivity index (χ3v) is 5.21. The first kappa shape index (κ1) is 20.8. The van der Waals surface area contributed by atoms with Crippen molar-refractivity contribution in [1.82, 2.24) is 15.1 Å². The van der Waals surface area contributed by atoms with Crippen LogP contribution in [0, 0.1) is 12.7 Å². The zero-order valence-electron chi connectivity index (χ0n) is 17.1. The molecule has 0 atom stereocenters. The molecule has 1 amide bonds. The number of rotatable bonds is 6. The van der Waals surface area contributed by atoms with Crippen LogP contribution in [0.3, 0.4) is 0 Å². The molecule has 4 aromatic rings. The Morgan fingerprint density at radius 3 is 2.58 bits per heavy atom. The number of hydrogen-bond acceptors (Lipinski definition) is 5. The molecular formula is C23H22FN3O4. The fourth-order valence-corrected chi connectivity index (χ4v) is 3.47. The van der Waals surface area contributed by atoms with Crippen LogP contribution in [0.2, 0.25) is 0 Å². The van der Waals surface area contributed by atoms with Gasteiger partial charge in [-0.2, -0.15) is 5.10 Å². The number of aliphatic hydroxyl groups excluding tert-OH is 2.